The number of amides is 1. The summed E-state index contributed by atoms with van der Waals surface area (Å²) in [5.41, 5.74) is 0.504. The highest BCUT2D eigenvalue weighted by Gasteiger charge is 2.62. The van der Waals surface area contributed by atoms with Crippen LogP contribution in [0, 0.1) is 46.3 Å². The molecule has 10 atom stereocenters. The van der Waals surface area contributed by atoms with Crippen molar-refractivity contribution in [2.75, 3.05) is 12.4 Å². The van der Waals surface area contributed by atoms with Crippen LogP contribution < -0.4 is 5.32 Å². The van der Waals surface area contributed by atoms with Gasteiger partial charge in [-0.2, -0.15) is 0 Å². The van der Waals surface area contributed by atoms with Crippen molar-refractivity contribution < 1.29 is 19.7 Å². The predicted octanol–water partition coefficient (Wildman–Crippen LogP) is 5.03. The minimum Gasteiger partial charge on any atom is -0.393 e. The zero-order chi connectivity index (χ0) is 25.7. The Morgan fingerprint density at radius 1 is 1.11 bits per heavy atom. The van der Waals surface area contributed by atoms with E-state index in [2.05, 4.69) is 36.3 Å². The molecule has 5 rings (SSSR count). The molecule has 1 aromatic rings. The number of methoxy groups -OCH3 is 1. The van der Waals surface area contributed by atoms with Gasteiger partial charge in [-0.15, -0.1) is 10.2 Å². The second kappa shape index (κ2) is 10.2. The molecule has 1 amide bonds. The molecule has 7 nitrogen and oxygen atoms in total. The van der Waals surface area contributed by atoms with E-state index in [-0.39, 0.29) is 28.9 Å². The number of aliphatic hydroxyl groups excluding tert-OH is 2. The minimum atomic E-state index is -0.238. The summed E-state index contributed by atoms with van der Waals surface area (Å²) in [6.45, 7) is 7.70. The predicted molar refractivity (Wildman–Crippen MR) is 140 cm³/mol. The van der Waals surface area contributed by atoms with Gasteiger partial charge in [0, 0.05) is 13.5 Å². The third-order valence-corrected chi connectivity index (χ3v) is 12.0. The summed E-state index contributed by atoms with van der Waals surface area (Å²) in [4.78, 5) is 12.6. The molecule has 0 saturated heterocycles. The molecule has 8 heteroatoms. The van der Waals surface area contributed by atoms with E-state index in [1.807, 2.05) is 0 Å². The van der Waals surface area contributed by atoms with E-state index in [4.69, 9.17) is 4.74 Å². The molecular formula is C28H45N3O4S. The third kappa shape index (κ3) is 4.65. The van der Waals surface area contributed by atoms with Gasteiger partial charge in [0.1, 0.15) is 11.6 Å². The van der Waals surface area contributed by atoms with Crippen LogP contribution in [0.3, 0.4) is 0 Å². The number of rotatable bonds is 7. The van der Waals surface area contributed by atoms with Gasteiger partial charge in [0.25, 0.3) is 0 Å². The van der Waals surface area contributed by atoms with Crippen LogP contribution in [0.2, 0.25) is 0 Å². The van der Waals surface area contributed by atoms with E-state index in [0.717, 1.165) is 37.1 Å². The number of anilines is 1. The lowest BCUT2D eigenvalue weighted by Crippen LogP contribution is -2.58. The average Bonchev–Trinajstić information content (AvgIpc) is 3.42. The van der Waals surface area contributed by atoms with Crippen LogP contribution in [-0.4, -0.2) is 45.6 Å². The zero-order valence-corrected chi connectivity index (χ0v) is 23.2. The lowest BCUT2D eigenvalue weighted by atomic mass is 9.43. The topological polar surface area (TPSA) is 105 Å². The summed E-state index contributed by atoms with van der Waals surface area (Å²) in [6.07, 6.45) is 9.52. The fourth-order valence-corrected chi connectivity index (χ4v) is 10.1. The lowest BCUT2D eigenvalue weighted by molar-refractivity contribution is -0.174. The number of carbonyl (C=O) groups excluding carboxylic acids is 1. The molecule has 4 fully saturated rings. The summed E-state index contributed by atoms with van der Waals surface area (Å²) < 4.78 is 5.08. The van der Waals surface area contributed by atoms with Gasteiger partial charge in [-0.3, -0.25) is 4.79 Å². The minimum absolute atomic E-state index is 0.00605. The fourth-order valence-electron chi connectivity index (χ4n) is 9.40. The van der Waals surface area contributed by atoms with Crippen LogP contribution in [-0.2, 0) is 16.1 Å². The van der Waals surface area contributed by atoms with Crippen LogP contribution in [0.4, 0.5) is 5.13 Å². The van der Waals surface area contributed by atoms with E-state index in [0.29, 0.717) is 53.7 Å². The molecule has 1 heterocycles. The first-order valence-corrected chi connectivity index (χ1v) is 14.9. The highest BCUT2D eigenvalue weighted by atomic mass is 32.1. The van der Waals surface area contributed by atoms with Crippen molar-refractivity contribution in [2.24, 2.45) is 46.3 Å². The van der Waals surface area contributed by atoms with Crippen LogP contribution in [0.15, 0.2) is 0 Å². The molecular weight excluding hydrogens is 474 g/mol. The average molecular weight is 520 g/mol. The number of hydrogen-bond donors (Lipinski definition) is 3. The first-order valence-electron chi connectivity index (χ1n) is 14.1. The third-order valence-electron chi connectivity index (χ3n) is 11.2. The quantitative estimate of drug-likeness (QED) is 0.467. The highest BCUT2D eigenvalue weighted by molar-refractivity contribution is 7.15. The molecule has 0 spiro atoms. The van der Waals surface area contributed by atoms with Crippen molar-refractivity contribution in [2.45, 2.75) is 104 Å². The van der Waals surface area contributed by atoms with Crippen LogP contribution in [0.25, 0.3) is 0 Å². The molecule has 0 aromatic carbocycles. The Balaban J connectivity index is 1.21. The van der Waals surface area contributed by atoms with E-state index >= 15 is 0 Å². The molecule has 202 valence electrons. The molecule has 3 N–H and O–H groups in total. The number of nitrogens with zero attached hydrogens (tertiary/aromatic N) is 2. The molecule has 4 aliphatic carbocycles. The number of carbonyl (C=O) groups is 1. The molecule has 36 heavy (non-hydrogen) atoms. The van der Waals surface area contributed by atoms with Gasteiger partial charge in [0.2, 0.25) is 11.0 Å². The maximum atomic E-state index is 12.6. The molecule has 4 saturated carbocycles. The number of fused-ring (bicyclic) bond motifs is 5. The van der Waals surface area contributed by atoms with E-state index < -0.39 is 0 Å². The van der Waals surface area contributed by atoms with Crippen molar-refractivity contribution in [3.05, 3.63) is 5.01 Å². The number of aromatic nitrogens is 2. The summed E-state index contributed by atoms with van der Waals surface area (Å²) >= 11 is 1.36. The Kier molecular flexibility index (Phi) is 7.54. The smallest absolute Gasteiger partial charge is 0.226 e. The largest absolute Gasteiger partial charge is 0.393 e. The fraction of sp³-hybridized carbons (Fsp3) is 0.893. The molecule has 0 radical (unpaired) electrons. The Morgan fingerprint density at radius 2 is 1.86 bits per heavy atom. The normalized spacial score (nSPS) is 42.8. The Hall–Kier alpha value is -1.09. The van der Waals surface area contributed by atoms with Crippen LogP contribution >= 0.6 is 11.3 Å². The maximum absolute atomic E-state index is 12.6. The monoisotopic (exact) mass is 519 g/mol. The SMILES string of the molecule is COCc1nnc(NC(=O)CC[C@@H](C)C2CCC3C4C(CC[C@@]32C)[C@@]2(C)CC[C@@H](O)CC2C[C@@H]4O)s1. The van der Waals surface area contributed by atoms with Gasteiger partial charge < -0.3 is 20.3 Å². The lowest BCUT2D eigenvalue weighted by Gasteiger charge is -2.62. The molecule has 0 bridgehead atoms. The highest BCUT2D eigenvalue weighted by Crippen LogP contribution is 2.68. The van der Waals surface area contributed by atoms with Crippen molar-refractivity contribution in [3.8, 4) is 0 Å². The molecule has 4 aliphatic rings. The summed E-state index contributed by atoms with van der Waals surface area (Å²) in [5.74, 6) is 3.05. The Morgan fingerprint density at radius 3 is 2.64 bits per heavy atom. The van der Waals surface area contributed by atoms with Gasteiger partial charge in [-0.25, -0.2) is 0 Å². The van der Waals surface area contributed by atoms with E-state index in [1.165, 1.54) is 37.0 Å². The van der Waals surface area contributed by atoms with Crippen LogP contribution in [0.1, 0.15) is 90.0 Å². The first-order chi connectivity index (χ1) is 17.2. The summed E-state index contributed by atoms with van der Waals surface area (Å²) in [7, 11) is 1.62. The maximum Gasteiger partial charge on any atom is 0.226 e. The second-order valence-electron chi connectivity index (χ2n) is 13.0. The van der Waals surface area contributed by atoms with Gasteiger partial charge in [0.15, 0.2) is 0 Å². The second-order valence-corrected chi connectivity index (χ2v) is 14.0. The van der Waals surface area contributed by atoms with Crippen LogP contribution in [0.5, 0.6) is 0 Å². The number of aliphatic hydroxyl groups is 2. The first kappa shape index (κ1) is 26.5. The number of nitrogens with one attached hydrogen (secondary N) is 1. The van der Waals surface area contributed by atoms with Crippen molar-refractivity contribution in [3.63, 3.8) is 0 Å². The van der Waals surface area contributed by atoms with Gasteiger partial charge in [-0.1, -0.05) is 32.1 Å². The molecule has 1 aromatic heterocycles. The number of ether oxygens (including phenoxy) is 1. The molecule has 0 aliphatic heterocycles. The van der Waals surface area contributed by atoms with Gasteiger partial charge >= 0.3 is 0 Å². The Bertz CT molecular complexity index is 942. The van der Waals surface area contributed by atoms with E-state index in [1.54, 1.807) is 7.11 Å². The van der Waals surface area contributed by atoms with Gasteiger partial charge in [0.05, 0.1) is 12.2 Å². The van der Waals surface area contributed by atoms with Crippen molar-refractivity contribution in [1.82, 2.24) is 10.2 Å². The van der Waals surface area contributed by atoms with Gasteiger partial charge in [-0.05, 0) is 104 Å². The number of hydrogen-bond acceptors (Lipinski definition) is 7. The standard InChI is InChI=1S/C28H45N3O4S/c1-16(5-8-23(34)29-26-31-30-24(36-26)15-35-4)19-6-7-20-25-21(10-12-28(19,20)3)27(2)11-9-18(32)13-17(27)14-22(25)33/h16-22,25,32-33H,5-15H2,1-4H3,(H,29,31,34)/t16-,17?,18-,19?,20?,21?,22+,25?,27+,28-/m1/s1. The zero-order valence-electron chi connectivity index (χ0n) is 22.4. The molecule has 5 unspecified atom stereocenters. The Labute approximate surface area is 219 Å². The van der Waals surface area contributed by atoms with Crippen molar-refractivity contribution in [1.29, 1.82) is 0 Å². The van der Waals surface area contributed by atoms with Crippen molar-refractivity contribution >= 4 is 22.4 Å². The van der Waals surface area contributed by atoms with E-state index in [9.17, 15) is 15.0 Å². The summed E-state index contributed by atoms with van der Waals surface area (Å²) in [6, 6.07) is 0. The summed E-state index contributed by atoms with van der Waals surface area (Å²) in [5, 5.41) is 34.0.